The van der Waals surface area contributed by atoms with Gasteiger partial charge in [0, 0.05) is 34.9 Å². The van der Waals surface area contributed by atoms with Crippen LogP contribution in [0.2, 0.25) is 0 Å². The molecule has 17 heavy (non-hydrogen) atoms. The highest BCUT2D eigenvalue weighted by molar-refractivity contribution is 5.81. The molecule has 0 spiro atoms. The van der Waals surface area contributed by atoms with E-state index in [1.54, 1.807) is 12.4 Å². The number of pyridine rings is 1. The van der Waals surface area contributed by atoms with Crippen molar-refractivity contribution in [1.29, 1.82) is 0 Å². The summed E-state index contributed by atoms with van der Waals surface area (Å²) < 4.78 is 5.70. The molecule has 0 aliphatic rings. The first-order valence-corrected chi connectivity index (χ1v) is 5.41. The number of fused-ring (bicyclic) bond motifs is 1. The Morgan fingerprint density at radius 2 is 2.18 bits per heavy atom. The molecule has 0 atom stereocenters. The molecule has 0 saturated carbocycles. The zero-order valence-corrected chi connectivity index (χ0v) is 9.40. The monoisotopic (exact) mass is 223 g/mol. The fourth-order valence-corrected chi connectivity index (χ4v) is 1.78. The van der Waals surface area contributed by atoms with E-state index in [1.165, 1.54) is 0 Å². The van der Waals surface area contributed by atoms with Crippen LogP contribution in [0.15, 0.2) is 42.7 Å². The number of nitrogens with one attached hydrogen (secondary N) is 1. The summed E-state index contributed by atoms with van der Waals surface area (Å²) in [7, 11) is 0. The Labute approximate surface area is 99.1 Å². The number of aromatic amines is 1. The molecule has 3 nitrogen and oxygen atoms in total. The van der Waals surface area contributed by atoms with Gasteiger partial charge in [0.1, 0.15) is 11.5 Å². The lowest BCUT2D eigenvalue weighted by Gasteiger charge is -2.04. The molecular weight excluding hydrogens is 212 g/mol. The number of ether oxygens (including phenoxy) is 1. The molecule has 83 valence electrons. The quantitative estimate of drug-likeness (QED) is 0.722. The molecule has 0 aliphatic carbocycles. The van der Waals surface area contributed by atoms with Crippen LogP contribution in [0, 0.1) is 13.0 Å². The fraction of sp³-hybridized carbons (Fsp3) is 0.0714. The third kappa shape index (κ3) is 1.99. The lowest BCUT2D eigenvalue weighted by atomic mass is 10.2. The molecule has 3 rings (SSSR count). The van der Waals surface area contributed by atoms with E-state index in [0.29, 0.717) is 0 Å². The second-order valence-electron chi connectivity index (χ2n) is 3.87. The van der Waals surface area contributed by atoms with E-state index < -0.39 is 0 Å². The van der Waals surface area contributed by atoms with Crippen LogP contribution in [0.1, 0.15) is 5.69 Å². The Kier molecular flexibility index (Phi) is 2.29. The summed E-state index contributed by atoms with van der Waals surface area (Å²) >= 11 is 0. The van der Waals surface area contributed by atoms with Gasteiger partial charge in [0.2, 0.25) is 0 Å². The number of hydrogen-bond donors (Lipinski definition) is 1. The number of rotatable bonds is 2. The van der Waals surface area contributed by atoms with Gasteiger partial charge in [0.25, 0.3) is 0 Å². The van der Waals surface area contributed by atoms with Crippen molar-refractivity contribution in [3.05, 3.63) is 54.5 Å². The van der Waals surface area contributed by atoms with Crippen LogP contribution in [-0.2, 0) is 0 Å². The summed E-state index contributed by atoms with van der Waals surface area (Å²) in [5.74, 6) is 1.53. The highest BCUT2D eigenvalue weighted by Gasteiger charge is 2.01. The highest BCUT2D eigenvalue weighted by Crippen LogP contribution is 2.24. The highest BCUT2D eigenvalue weighted by atomic mass is 16.5. The van der Waals surface area contributed by atoms with E-state index in [0.717, 1.165) is 28.1 Å². The van der Waals surface area contributed by atoms with Crippen LogP contribution in [0.3, 0.4) is 0 Å². The standard InChI is InChI=1S/C14H11N2O/c1-10-7-11-4-5-12(8-14(11)16-10)17-13-3-2-6-15-9-13/h2-6,8-9,16H,1H3. The van der Waals surface area contributed by atoms with Crippen molar-refractivity contribution in [3.63, 3.8) is 0 Å². The number of hydrogen-bond acceptors (Lipinski definition) is 2. The van der Waals surface area contributed by atoms with Crippen LogP contribution < -0.4 is 4.74 Å². The lowest BCUT2D eigenvalue weighted by Crippen LogP contribution is -1.84. The molecule has 1 radical (unpaired) electrons. The predicted molar refractivity (Wildman–Crippen MR) is 66.2 cm³/mol. The van der Waals surface area contributed by atoms with Crippen molar-refractivity contribution in [3.8, 4) is 11.5 Å². The summed E-state index contributed by atoms with van der Waals surface area (Å²) in [4.78, 5) is 7.24. The van der Waals surface area contributed by atoms with Crippen LogP contribution >= 0.6 is 0 Å². The summed E-state index contributed by atoms with van der Waals surface area (Å²) in [6.07, 6.45) is 3.41. The van der Waals surface area contributed by atoms with Gasteiger partial charge in [-0.05, 0) is 31.2 Å². The normalized spacial score (nSPS) is 10.6. The Bertz CT molecular complexity index is 644. The van der Waals surface area contributed by atoms with E-state index in [4.69, 9.17) is 4.74 Å². The Morgan fingerprint density at radius 3 is 3.00 bits per heavy atom. The maximum Gasteiger partial charge on any atom is 0.145 e. The van der Waals surface area contributed by atoms with Gasteiger partial charge in [-0.1, -0.05) is 0 Å². The first-order valence-electron chi connectivity index (χ1n) is 5.41. The van der Waals surface area contributed by atoms with Crippen LogP contribution in [0.5, 0.6) is 11.5 Å². The fourth-order valence-electron chi connectivity index (χ4n) is 1.78. The first-order chi connectivity index (χ1) is 8.31. The van der Waals surface area contributed by atoms with E-state index in [-0.39, 0.29) is 0 Å². The smallest absolute Gasteiger partial charge is 0.145 e. The number of nitrogens with zero attached hydrogens (tertiary/aromatic N) is 1. The second kappa shape index (κ2) is 3.94. The molecular formula is C14H11N2O. The van der Waals surface area contributed by atoms with Gasteiger partial charge >= 0.3 is 0 Å². The van der Waals surface area contributed by atoms with Crippen LogP contribution in [0.4, 0.5) is 0 Å². The Morgan fingerprint density at radius 1 is 1.24 bits per heavy atom. The van der Waals surface area contributed by atoms with Gasteiger partial charge in [-0.25, -0.2) is 0 Å². The second-order valence-corrected chi connectivity index (χ2v) is 3.87. The molecule has 2 heterocycles. The molecule has 0 unspecified atom stereocenters. The maximum absolute atomic E-state index is 5.70. The Hall–Kier alpha value is -2.29. The summed E-state index contributed by atoms with van der Waals surface area (Å²) in [6.45, 7) is 1.99. The molecule has 1 N–H and O–H groups in total. The molecule has 0 fully saturated rings. The van der Waals surface area contributed by atoms with Crippen LogP contribution in [-0.4, -0.2) is 9.97 Å². The van der Waals surface area contributed by atoms with Gasteiger partial charge in [0.15, 0.2) is 0 Å². The van der Waals surface area contributed by atoms with E-state index in [2.05, 4.69) is 16.0 Å². The summed E-state index contributed by atoms with van der Waals surface area (Å²) in [5, 5.41) is 1.07. The topological polar surface area (TPSA) is 37.9 Å². The minimum atomic E-state index is 0.735. The van der Waals surface area contributed by atoms with Gasteiger partial charge in [-0.2, -0.15) is 0 Å². The number of benzene rings is 1. The SMILES string of the molecule is Cc1[c]c2ccc(Oc3cccnc3)cc2[nH]1. The third-order valence-electron chi connectivity index (χ3n) is 2.51. The molecule has 0 aliphatic heterocycles. The molecule has 2 aromatic heterocycles. The van der Waals surface area contributed by atoms with Crippen molar-refractivity contribution < 1.29 is 4.74 Å². The van der Waals surface area contributed by atoms with E-state index in [9.17, 15) is 0 Å². The molecule has 0 bridgehead atoms. The summed E-state index contributed by atoms with van der Waals surface area (Å²) in [5.41, 5.74) is 2.06. The van der Waals surface area contributed by atoms with Crippen LogP contribution in [0.25, 0.3) is 10.9 Å². The van der Waals surface area contributed by atoms with E-state index in [1.807, 2.05) is 37.3 Å². The molecule has 0 amide bonds. The minimum Gasteiger partial charge on any atom is -0.456 e. The average Bonchev–Trinajstić information content (AvgIpc) is 2.70. The van der Waals surface area contributed by atoms with Gasteiger partial charge in [-0.3, -0.25) is 4.98 Å². The number of aromatic nitrogens is 2. The number of H-pyrrole nitrogens is 1. The van der Waals surface area contributed by atoms with Crippen molar-refractivity contribution in [2.75, 3.05) is 0 Å². The molecule has 3 heteroatoms. The van der Waals surface area contributed by atoms with E-state index >= 15 is 0 Å². The van der Waals surface area contributed by atoms with Crippen molar-refractivity contribution >= 4 is 10.9 Å². The summed E-state index contributed by atoms with van der Waals surface area (Å²) in [6, 6.07) is 12.8. The predicted octanol–water partition coefficient (Wildman–Crippen LogP) is 3.46. The molecule has 1 aromatic carbocycles. The van der Waals surface area contributed by atoms with Gasteiger partial charge in [-0.15, -0.1) is 0 Å². The Balaban J connectivity index is 1.95. The average molecular weight is 223 g/mol. The largest absolute Gasteiger partial charge is 0.456 e. The molecule has 3 aromatic rings. The zero-order valence-electron chi connectivity index (χ0n) is 9.40. The number of aryl methyl sites for hydroxylation is 1. The van der Waals surface area contributed by atoms with Crippen molar-refractivity contribution in [2.24, 2.45) is 0 Å². The van der Waals surface area contributed by atoms with Gasteiger partial charge < -0.3 is 9.72 Å². The van der Waals surface area contributed by atoms with Crippen molar-refractivity contribution in [1.82, 2.24) is 9.97 Å². The molecule has 0 saturated heterocycles. The lowest BCUT2D eigenvalue weighted by molar-refractivity contribution is 0.481. The third-order valence-corrected chi connectivity index (χ3v) is 2.51. The first kappa shape index (κ1) is 9.90. The minimum absolute atomic E-state index is 0.735. The van der Waals surface area contributed by atoms with Crippen molar-refractivity contribution in [2.45, 2.75) is 6.92 Å². The zero-order chi connectivity index (χ0) is 11.7. The van der Waals surface area contributed by atoms with Gasteiger partial charge in [0.05, 0.1) is 6.20 Å². The maximum atomic E-state index is 5.70.